The molecule has 0 spiro atoms. The van der Waals surface area contributed by atoms with Gasteiger partial charge in [0.1, 0.15) is 17.8 Å². The van der Waals surface area contributed by atoms with Gasteiger partial charge in [0.15, 0.2) is 0 Å². The normalized spacial score (nSPS) is 29.5. The average molecular weight is 226 g/mol. The first-order valence-corrected chi connectivity index (χ1v) is 4.96. The number of aromatic nitrogens is 2. The van der Waals surface area contributed by atoms with Gasteiger partial charge in [-0.2, -0.15) is 4.98 Å². The molecule has 0 unspecified atom stereocenters. The first-order chi connectivity index (χ1) is 7.54. The van der Waals surface area contributed by atoms with Crippen LogP contribution in [-0.2, 0) is 4.74 Å². The molecular formula is C9H14N4O3. The Bertz CT molecular complexity index is 447. The summed E-state index contributed by atoms with van der Waals surface area (Å²) in [7, 11) is 0. The maximum atomic E-state index is 11.5. The van der Waals surface area contributed by atoms with Crippen molar-refractivity contribution in [3.8, 4) is 0 Å². The highest BCUT2D eigenvalue weighted by Gasteiger charge is 2.37. The van der Waals surface area contributed by atoms with Gasteiger partial charge in [-0.3, -0.25) is 4.57 Å². The molecule has 2 atom stereocenters. The maximum Gasteiger partial charge on any atom is 0.351 e. The fraction of sp³-hybridized carbons (Fsp3) is 0.556. The van der Waals surface area contributed by atoms with Crippen LogP contribution in [0.1, 0.15) is 19.1 Å². The molecule has 2 rings (SSSR count). The Hall–Kier alpha value is -1.44. The van der Waals surface area contributed by atoms with E-state index < -0.39 is 17.6 Å². The standard InChI is InChI=1S/C9H14N4O3/c10-6-2-4-13(8(15)12-6)7-1-3-9(11,5-14)16-7/h2,4,7,14H,1,3,5,11H2,(H2,10,12,15)/t7-,9+/m1/s1. The lowest BCUT2D eigenvalue weighted by atomic mass is 10.1. The molecule has 1 saturated heterocycles. The highest BCUT2D eigenvalue weighted by Crippen LogP contribution is 2.31. The fourth-order valence-electron chi connectivity index (χ4n) is 1.71. The molecule has 7 heteroatoms. The van der Waals surface area contributed by atoms with E-state index in [1.165, 1.54) is 16.8 Å². The highest BCUT2D eigenvalue weighted by molar-refractivity contribution is 5.23. The van der Waals surface area contributed by atoms with Crippen LogP contribution in [0, 0.1) is 0 Å². The third-order valence-corrected chi connectivity index (χ3v) is 2.61. The van der Waals surface area contributed by atoms with E-state index >= 15 is 0 Å². The zero-order valence-electron chi connectivity index (χ0n) is 8.67. The van der Waals surface area contributed by atoms with E-state index in [-0.39, 0.29) is 12.4 Å². The molecule has 1 aromatic heterocycles. The summed E-state index contributed by atoms with van der Waals surface area (Å²) >= 11 is 0. The molecule has 1 aromatic rings. The van der Waals surface area contributed by atoms with E-state index in [9.17, 15) is 4.79 Å². The van der Waals surface area contributed by atoms with Gasteiger partial charge in [-0.05, 0) is 18.9 Å². The van der Waals surface area contributed by atoms with Gasteiger partial charge in [0.05, 0.1) is 6.61 Å². The molecule has 88 valence electrons. The molecule has 5 N–H and O–H groups in total. The summed E-state index contributed by atoms with van der Waals surface area (Å²) in [5.74, 6) is 0.167. The predicted octanol–water partition coefficient (Wildman–Crippen LogP) is -1.22. The first kappa shape index (κ1) is 11.1. The van der Waals surface area contributed by atoms with E-state index in [0.29, 0.717) is 12.8 Å². The largest absolute Gasteiger partial charge is 0.392 e. The Morgan fingerprint density at radius 2 is 2.50 bits per heavy atom. The van der Waals surface area contributed by atoms with Crippen molar-refractivity contribution in [1.29, 1.82) is 0 Å². The van der Waals surface area contributed by atoms with Gasteiger partial charge >= 0.3 is 5.69 Å². The van der Waals surface area contributed by atoms with Crippen LogP contribution in [0.25, 0.3) is 0 Å². The SMILES string of the molecule is Nc1ccn([C@H]2CC[C@@](N)(CO)O2)c(=O)n1. The summed E-state index contributed by atoms with van der Waals surface area (Å²) < 4.78 is 6.73. The summed E-state index contributed by atoms with van der Waals surface area (Å²) in [6.07, 6.45) is 2.07. The van der Waals surface area contributed by atoms with Gasteiger partial charge in [-0.1, -0.05) is 0 Å². The van der Waals surface area contributed by atoms with Crippen molar-refractivity contribution in [2.24, 2.45) is 5.73 Å². The zero-order chi connectivity index (χ0) is 11.8. The molecule has 0 saturated carbocycles. The van der Waals surface area contributed by atoms with E-state index in [2.05, 4.69) is 4.98 Å². The summed E-state index contributed by atoms with van der Waals surface area (Å²) in [6, 6.07) is 1.51. The van der Waals surface area contributed by atoms with E-state index in [0.717, 1.165) is 0 Å². The summed E-state index contributed by atoms with van der Waals surface area (Å²) in [6.45, 7) is -0.277. The number of nitrogens with zero attached hydrogens (tertiary/aromatic N) is 2. The number of anilines is 1. The number of hydrogen-bond donors (Lipinski definition) is 3. The lowest BCUT2D eigenvalue weighted by Crippen LogP contribution is -2.43. The molecule has 1 aliphatic rings. The summed E-state index contributed by atoms with van der Waals surface area (Å²) in [4.78, 5) is 15.1. The molecule has 0 bridgehead atoms. The second-order valence-corrected chi connectivity index (χ2v) is 3.88. The molecule has 16 heavy (non-hydrogen) atoms. The molecule has 0 aliphatic carbocycles. The second kappa shape index (κ2) is 3.85. The minimum absolute atomic E-state index is 0.167. The first-order valence-electron chi connectivity index (χ1n) is 4.96. The summed E-state index contributed by atoms with van der Waals surface area (Å²) in [5.41, 5.74) is 9.57. The Morgan fingerprint density at radius 1 is 1.75 bits per heavy atom. The average Bonchev–Trinajstić information content (AvgIpc) is 2.62. The second-order valence-electron chi connectivity index (χ2n) is 3.88. The topological polar surface area (TPSA) is 116 Å². The van der Waals surface area contributed by atoms with Gasteiger partial charge in [-0.15, -0.1) is 0 Å². The lowest BCUT2D eigenvalue weighted by molar-refractivity contribution is -0.0955. The fourth-order valence-corrected chi connectivity index (χ4v) is 1.71. The van der Waals surface area contributed by atoms with Crippen LogP contribution in [0.4, 0.5) is 5.82 Å². The molecule has 1 fully saturated rings. The van der Waals surface area contributed by atoms with Crippen molar-refractivity contribution < 1.29 is 9.84 Å². The van der Waals surface area contributed by atoms with Gasteiger partial charge in [0, 0.05) is 6.20 Å². The molecular weight excluding hydrogens is 212 g/mol. The minimum Gasteiger partial charge on any atom is -0.392 e. The molecule has 0 aromatic carbocycles. The maximum absolute atomic E-state index is 11.5. The Kier molecular flexibility index (Phi) is 2.66. The number of rotatable bonds is 2. The van der Waals surface area contributed by atoms with Gasteiger partial charge < -0.3 is 21.3 Å². The number of nitrogen functional groups attached to an aromatic ring is 1. The zero-order valence-corrected chi connectivity index (χ0v) is 8.67. The van der Waals surface area contributed by atoms with Crippen molar-refractivity contribution in [3.63, 3.8) is 0 Å². The van der Waals surface area contributed by atoms with Crippen LogP contribution in [-0.4, -0.2) is 27.0 Å². The van der Waals surface area contributed by atoms with Crippen LogP contribution in [0.15, 0.2) is 17.1 Å². The third-order valence-electron chi connectivity index (χ3n) is 2.61. The van der Waals surface area contributed by atoms with Crippen molar-refractivity contribution in [2.75, 3.05) is 12.3 Å². The van der Waals surface area contributed by atoms with Gasteiger partial charge in [0.25, 0.3) is 0 Å². The van der Waals surface area contributed by atoms with Crippen LogP contribution in [0.3, 0.4) is 0 Å². The van der Waals surface area contributed by atoms with Crippen LogP contribution in [0.2, 0.25) is 0 Å². The number of nitrogens with two attached hydrogens (primary N) is 2. The predicted molar refractivity (Wildman–Crippen MR) is 56.3 cm³/mol. The Labute approximate surface area is 91.6 Å². The van der Waals surface area contributed by atoms with E-state index in [1.54, 1.807) is 0 Å². The molecule has 0 amide bonds. The van der Waals surface area contributed by atoms with Crippen LogP contribution >= 0.6 is 0 Å². The van der Waals surface area contributed by atoms with Crippen LogP contribution in [0.5, 0.6) is 0 Å². The van der Waals surface area contributed by atoms with Crippen molar-refractivity contribution >= 4 is 5.82 Å². The Balaban J connectivity index is 2.24. The lowest BCUT2D eigenvalue weighted by Gasteiger charge is -2.22. The van der Waals surface area contributed by atoms with Gasteiger partial charge in [-0.25, -0.2) is 4.79 Å². The molecule has 2 heterocycles. The smallest absolute Gasteiger partial charge is 0.351 e. The monoisotopic (exact) mass is 226 g/mol. The third kappa shape index (κ3) is 1.92. The minimum atomic E-state index is -1.06. The van der Waals surface area contributed by atoms with Crippen LogP contribution < -0.4 is 17.2 Å². The number of aliphatic hydroxyl groups excluding tert-OH is 1. The number of aliphatic hydroxyl groups is 1. The van der Waals surface area contributed by atoms with Crippen molar-refractivity contribution in [1.82, 2.24) is 9.55 Å². The number of hydrogen-bond acceptors (Lipinski definition) is 6. The van der Waals surface area contributed by atoms with Crippen molar-refractivity contribution in [2.45, 2.75) is 24.8 Å². The van der Waals surface area contributed by atoms with Crippen molar-refractivity contribution in [3.05, 3.63) is 22.7 Å². The highest BCUT2D eigenvalue weighted by atomic mass is 16.6. The molecule has 0 radical (unpaired) electrons. The molecule has 1 aliphatic heterocycles. The van der Waals surface area contributed by atoms with E-state index in [1.807, 2.05) is 0 Å². The van der Waals surface area contributed by atoms with Gasteiger partial charge in [0.2, 0.25) is 0 Å². The summed E-state index contributed by atoms with van der Waals surface area (Å²) in [5, 5.41) is 9.03. The van der Waals surface area contributed by atoms with E-state index in [4.69, 9.17) is 21.3 Å². The number of ether oxygens (including phenoxy) is 1. The molecule has 7 nitrogen and oxygen atoms in total. The quantitative estimate of drug-likeness (QED) is 0.582. The Morgan fingerprint density at radius 3 is 3.06 bits per heavy atom.